The Morgan fingerprint density at radius 1 is 0.923 bits per heavy atom. The lowest BCUT2D eigenvalue weighted by Crippen LogP contribution is -2.33. The highest BCUT2D eigenvalue weighted by Gasteiger charge is 2.35. The Labute approximate surface area is 229 Å². The third-order valence-corrected chi connectivity index (χ3v) is 7.80. The summed E-state index contributed by atoms with van der Waals surface area (Å²) in [7, 11) is 0. The zero-order valence-corrected chi connectivity index (χ0v) is 22.8. The maximum absolute atomic E-state index is 13.5. The zero-order valence-electron chi connectivity index (χ0n) is 22.8. The van der Waals surface area contributed by atoms with Gasteiger partial charge < -0.3 is 19.9 Å². The number of benzene rings is 3. The van der Waals surface area contributed by atoms with Gasteiger partial charge in [0.25, 0.3) is 0 Å². The van der Waals surface area contributed by atoms with E-state index in [-0.39, 0.29) is 30.0 Å². The van der Waals surface area contributed by atoms with Crippen LogP contribution in [0.3, 0.4) is 0 Å². The van der Waals surface area contributed by atoms with Crippen LogP contribution in [0.25, 0.3) is 0 Å². The second-order valence-corrected chi connectivity index (χ2v) is 10.4. The van der Waals surface area contributed by atoms with Crippen molar-refractivity contribution in [3.05, 3.63) is 88.0 Å². The van der Waals surface area contributed by atoms with E-state index in [4.69, 9.17) is 9.47 Å². The minimum atomic E-state index is -0.949. The molecule has 5 rings (SSSR count). The van der Waals surface area contributed by atoms with Crippen molar-refractivity contribution >= 4 is 17.6 Å². The van der Waals surface area contributed by atoms with Crippen LogP contribution >= 0.6 is 0 Å². The first-order chi connectivity index (χ1) is 18.9. The third kappa shape index (κ3) is 5.78. The van der Waals surface area contributed by atoms with Crippen molar-refractivity contribution in [1.29, 1.82) is 0 Å². The molecule has 3 aromatic rings. The molecule has 2 atom stereocenters. The number of carbonyl (C=O) groups is 2. The van der Waals surface area contributed by atoms with Crippen LogP contribution in [0.4, 0.5) is 5.69 Å². The van der Waals surface area contributed by atoms with Gasteiger partial charge in [0.15, 0.2) is 11.5 Å². The summed E-state index contributed by atoms with van der Waals surface area (Å²) >= 11 is 0. The fourth-order valence-electron chi connectivity index (χ4n) is 5.85. The SMILES string of the molecule is CCc1cc(C)cc(CC)c1NC(=O)CN1CC(c2ccc3c(c2)OCCO3)CC1c1ccc(C(=O)O)cc1. The standard InChI is InChI=1S/C32H36N2O5/c1-4-21-14-20(3)15-22(5-2)31(21)33-30(35)19-34-18-26(25-10-11-28-29(17-25)39-13-12-38-28)16-27(34)23-6-8-24(9-7-23)32(36)37/h6-11,14-15,17,26-27H,4-5,12-13,16,18-19H2,1-3H3,(H,33,35)(H,36,37). The van der Waals surface area contributed by atoms with Crippen molar-refractivity contribution in [2.75, 3.05) is 31.6 Å². The van der Waals surface area contributed by atoms with E-state index in [1.807, 2.05) is 18.2 Å². The van der Waals surface area contributed by atoms with Gasteiger partial charge in [-0.2, -0.15) is 0 Å². The lowest BCUT2D eigenvalue weighted by atomic mass is 9.93. The van der Waals surface area contributed by atoms with Crippen LogP contribution in [-0.2, 0) is 17.6 Å². The minimum Gasteiger partial charge on any atom is -0.486 e. The van der Waals surface area contributed by atoms with E-state index >= 15 is 0 Å². The number of nitrogens with one attached hydrogen (secondary N) is 1. The number of anilines is 1. The van der Waals surface area contributed by atoms with Crippen molar-refractivity contribution in [3.8, 4) is 11.5 Å². The summed E-state index contributed by atoms with van der Waals surface area (Å²) in [6.07, 6.45) is 2.50. The minimum absolute atomic E-state index is 0.0221. The molecular weight excluding hydrogens is 492 g/mol. The Hall–Kier alpha value is -3.84. The molecule has 3 aromatic carbocycles. The molecule has 0 spiro atoms. The third-order valence-electron chi connectivity index (χ3n) is 7.80. The molecule has 2 aliphatic rings. The van der Waals surface area contributed by atoms with Gasteiger partial charge in [0.05, 0.1) is 12.1 Å². The second kappa shape index (κ2) is 11.5. The summed E-state index contributed by atoms with van der Waals surface area (Å²) in [4.78, 5) is 27.1. The number of amides is 1. The highest BCUT2D eigenvalue weighted by Crippen LogP contribution is 2.43. The Morgan fingerprint density at radius 2 is 1.56 bits per heavy atom. The predicted octanol–water partition coefficient (Wildman–Crippen LogP) is 5.76. The van der Waals surface area contributed by atoms with E-state index in [1.165, 1.54) is 5.56 Å². The van der Waals surface area contributed by atoms with Crippen LogP contribution in [0, 0.1) is 6.92 Å². The van der Waals surface area contributed by atoms with Gasteiger partial charge >= 0.3 is 5.97 Å². The number of carbonyl (C=O) groups excluding carboxylic acids is 1. The van der Waals surface area contributed by atoms with Gasteiger partial charge in [0, 0.05) is 18.3 Å². The van der Waals surface area contributed by atoms with Gasteiger partial charge in [-0.25, -0.2) is 4.79 Å². The maximum Gasteiger partial charge on any atom is 0.335 e. The van der Waals surface area contributed by atoms with Gasteiger partial charge in [0.1, 0.15) is 13.2 Å². The molecular formula is C32H36N2O5. The van der Waals surface area contributed by atoms with E-state index in [9.17, 15) is 14.7 Å². The second-order valence-electron chi connectivity index (χ2n) is 10.4. The maximum atomic E-state index is 13.5. The first-order valence-corrected chi connectivity index (χ1v) is 13.7. The van der Waals surface area contributed by atoms with Crippen LogP contribution in [0.1, 0.15) is 70.4 Å². The number of fused-ring (bicyclic) bond motifs is 1. The number of carboxylic acid groups (broad SMARTS) is 1. The van der Waals surface area contributed by atoms with E-state index in [1.54, 1.807) is 12.1 Å². The molecule has 0 bridgehead atoms. The number of hydrogen-bond donors (Lipinski definition) is 2. The molecule has 1 saturated heterocycles. The molecule has 2 heterocycles. The Morgan fingerprint density at radius 3 is 2.21 bits per heavy atom. The summed E-state index contributed by atoms with van der Waals surface area (Å²) in [6.45, 7) is 8.34. The van der Waals surface area contributed by atoms with Crippen molar-refractivity contribution in [1.82, 2.24) is 4.90 Å². The first-order valence-electron chi connectivity index (χ1n) is 13.7. The number of likely N-dealkylation sites (tertiary alicyclic amines) is 1. The van der Waals surface area contributed by atoms with Gasteiger partial charge in [-0.3, -0.25) is 9.69 Å². The molecule has 0 aliphatic carbocycles. The lowest BCUT2D eigenvalue weighted by molar-refractivity contribution is -0.117. The molecule has 0 radical (unpaired) electrons. The summed E-state index contributed by atoms with van der Waals surface area (Å²) in [5.41, 5.74) is 6.84. The zero-order chi connectivity index (χ0) is 27.5. The molecule has 7 heteroatoms. The highest BCUT2D eigenvalue weighted by molar-refractivity contribution is 5.94. The summed E-state index contributed by atoms with van der Waals surface area (Å²) in [5, 5.41) is 12.6. The number of aromatic carboxylic acids is 1. The first kappa shape index (κ1) is 26.8. The molecule has 204 valence electrons. The van der Waals surface area contributed by atoms with E-state index in [2.05, 4.69) is 55.3 Å². The van der Waals surface area contributed by atoms with E-state index in [0.29, 0.717) is 19.8 Å². The topological polar surface area (TPSA) is 88.1 Å². The summed E-state index contributed by atoms with van der Waals surface area (Å²) in [6, 6.07) is 17.4. The average molecular weight is 529 g/mol. The van der Waals surface area contributed by atoms with Crippen LogP contribution in [0.2, 0.25) is 0 Å². The monoisotopic (exact) mass is 528 g/mol. The number of carboxylic acids is 1. The van der Waals surface area contributed by atoms with Crippen molar-refractivity contribution in [3.63, 3.8) is 0 Å². The number of rotatable bonds is 8. The number of ether oxygens (including phenoxy) is 2. The van der Waals surface area contributed by atoms with Crippen LogP contribution in [0.5, 0.6) is 11.5 Å². The largest absolute Gasteiger partial charge is 0.486 e. The Balaban J connectivity index is 1.40. The van der Waals surface area contributed by atoms with Crippen LogP contribution < -0.4 is 14.8 Å². The summed E-state index contributed by atoms with van der Waals surface area (Å²) < 4.78 is 11.5. The quantitative estimate of drug-likeness (QED) is 0.387. The van der Waals surface area contributed by atoms with Crippen molar-refractivity contribution in [2.45, 2.75) is 52.0 Å². The summed E-state index contributed by atoms with van der Waals surface area (Å²) in [5.74, 6) is 0.718. The lowest BCUT2D eigenvalue weighted by Gasteiger charge is -2.25. The molecule has 0 aromatic heterocycles. The molecule has 7 nitrogen and oxygen atoms in total. The Kier molecular flexibility index (Phi) is 7.89. The molecule has 1 amide bonds. The van der Waals surface area contributed by atoms with Crippen molar-refractivity contribution < 1.29 is 24.2 Å². The van der Waals surface area contributed by atoms with E-state index < -0.39 is 5.97 Å². The predicted molar refractivity (Wildman–Crippen MR) is 151 cm³/mol. The average Bonchev–Trinajstić information content (AvgIpc) is 3.36. The van der Waals surface area contributed by atoms with Gasteiger partial charge in [0.2, 0.25) is 5.91 Å². The smallest absolute Gasteiger partial charge is 0.335 e. The van der Waals surface area contributed by atoms with Gasteiger partial charge in [-0.05, 0) is 78.6 Å². The molecule has 2 aliphatic heterocycles. The molecule has 2 N–H and O–H groups in total. The number of hydrogen-bond acceptors (Lipinski definition) is 5. The molecule has 1 fully saturated rings. The van der Waals surface area contributed by atoms with E-state index in [0.717, 1.165) is 58.7 Å². The highest BCUT2D eigenvalue weighted by atomic mass is 16.6. The Bertz CT molecular complexity index is 1340. The van der Waals surface area contributed by atoms with Gasteiger partial charge in [-0.1, -0.05) is 49.7 Å². The molecule has 2 unspecified atom stereocenters. The fraction of sp³-hybridized carbons (Fsp3) is 0.375. The fourth-order valence-corrected chi connectivity index (χ4v) is 5.85. The number of nitrogens with zero attached hydrogens (tertiary/aromatic N) is 1. The van der Waals surface area contributed by atoms with Crippen LogP contribution in [-0.4, -0.2) is 48.2 Å². The van der Waals surface area contributed by atoms with Crippen LogP contribution in [0.15, 0.2) is 54.6 Å². The molecule has 39 heavy (non-hydrogen) atoms. The normalized spacial score (nSPS) is 18.6. The van der Waals surface area contributed by atoms with Crippen molar-refractivity contribution in [2.24, 2.45) is 0 Å². The number of aryl methyl sites for hydroxylation is 3. The molecule has 0 saturated carbocycles. The van der Waals surface area contributed by atoms with Gasteiger partial charge in [-0.15, -0.1) is 0 Å².